The lowest BCUT2D eigenvalue weighted by Crippen LogP contribution is -2.50. The Bertz CT molecular complexity index is 1180. The second-order valence-corrected chi connectivity index (χ2v) is 9.42. The molecule has 3 rings (SSSR count). The highest BCUT2D eigenvalue weighted by Crippen LogP contribution is 2.74. The standard InChI is InChI=1S/C26H26F2N2O4/c1-6-34-23(33)26(14-29)20(24(26,2)3)15-10-12-16(13-11-15)21(31)25(4,5)30-22(32)19-17(27)8-7-9-18(19)28/h7-13,20H,6H2,1-5H3,(H,30,32). The molecule has 1 N–H and O–H groups in total. The van der Waals surface area contributed by atoms with Gasteiger partial charge in [0.05, 0.1) is 18.2 Å². The summed E-state index contributed by atoms with van der Waals surface area (Å²) in [7, 11) is 0. The number of ketones is 1. The third-order valence-electron chi connectivity index (χ3n) is 6.55. The number of nitrogens with one attached hydrogen (secondary N) is 1. The maximum absolute atomic E-state index is 13.9. The largest absolute Gasteiger partial charge is 0.465 e. The molecule has 8 heteroatoms. The van der Waals surface area contributed by atoms with Crippen molar-refractivity contribution in [3.63, 3.8) is 0 Å². The molecule has 0 spiro atoms. The molecule has 0 heterocycles. The predicted octanol–water partition coefficient (Wildman–Crippen LogP) is 4.55. The molecule has 1 saturated carbocycles. The Morgan fingerprint density at radius 1 is 1.09 bits per heavy atom. The molecule has 0 bridgehead atoms. The fourth-order valence-electron chi connectivity index (χ4n) is 4.62. The Morgan fingerprint density at radius 2 is 1.65 bits per heavy atom. The number of carbonyl (C=O) groups excluding carboxylic acids is 3. The smallest absolute Gasteiger partial charge is 0.327 e. The number of Topliss-reactive ketones (excluding diaryl/α,β-unsaturated/α-hetero) is 1. The van der Waals surface area contributed by atoms with Gasteiger partial charge < -0.3 is 10.1 Å². The van der Waals surface area contributed by atoms with Crippen LogP contribution in [-0.2, 0) is 9.53 Å². The Hall–Kier alpha value is -3.60. The molecule has 1 aliphatic rings. The van der Waals surface area contributed by atoms with E-state index in [0.717, 1.165) is 18.2 Å². The maximum Gasteiger partial charge on any atom is 0.327 e. The predicted molar refractivity (Wildman–Crippen MR) is 120 cm³/mol. The number of hydrogen-bond donors (Lipinski definition) is 1. The molecular weight excluding hydrogens is 442 g/mol. The average Bonchev–Trinajstić information content (AvgIpc) is 3.29. The second kappa shape index (κ2) is 8.64. The molecule has 0 aliphatic heterocycles. The van der Waals surface area contributed by atoms with Gasteiger partial charge in [0.15, 0.2) is 11.2 Å². The molecule has 2 atom stereocenters. The highest BCUT2D eigenvalue weighted by atomic mass is 19.1. The minimum atomic E-state index is -1.46. The molecule has 0 radical (unpaired) electrons. The lowest BCUT2D eigenvalue weighted by Gasteiger charge is -2.25. The first-order valence-corrected chi connectivity index (χ1v) is 10.8. The molecule has 6 nitrogen and oxygen atoms in total. The topological polar surface area (TPSA) is 96.3 Å². The summed E-state index contributed by atoms with van der Waals surface area (Å²) in [6.07, 6.45) is 0. The van der Waals surface area contributed by atoms with E-state index >= 15 is 0 Å². The molecular formula is C26H26F2N2O4. The fourth-order valence-corrected chi connectivity index (χ4v) is 4.62. The number of halogens is 2. The van der Waals surface area contributed by atoms with Gasteiger partial charge >= 0.3 is 5.97 Å². The molecule has 1 fully saturated rings. The van der Waals surface area contributed by atoms with Crippen molar-refractivity contribution in [3.05, 3.63) is 70.8 Å². The molecule has 0 aromatic heterocycles. The quantitative estimate of drug-likeness (QED) is 0.475. The molecule has 34 heavy (non-hydrogen) atoms. The lowest BCUT2D eigenvalue weighted by atomic mass is 9.91. The van der Waals surface area contributed by atoms with Crippen molar-refractivity contribution in [2.24, 2.45) is 10.8 Å². The summed E-state index contributed by atoms with van der Waals surface area (Å²) in [5, 5.41) is 12.2. The van der Waals surface area contributed by atoms with E-state index in [1.165, 1.54) is 26.0 Å². The number of hydrogen-bond acceptors (Lipinski definition) is 5. The van der Waals surface area contributed by atoms with E-state index in [0.29, 0.717) is 5.56 Å². The third-order valence-corrected chi connectivity index (χ3v) is 6.55. The lowest BCUT2D eigenvalue weighted by molar-refractivity contribution is -0.148. The van der Waals surface area contributed by atoms with Crippen LogP contribution in [0, 0.1) is 33.8 Å². The van der Waals surface area contributed by atoms with E-state index in [-0.39, 0.29) is 12.2 Å². The van der Waals surface area contributed by atoms with E-state index in [9.17, 15) is 28.4 Å². The molecule has 1 amide bonds. The van der Waals surface area contributed by atoms with E-state index in [2.05, 4.69) is 11.4 Å². The van der Waals surface area contributed by atoms with Crippen LogP contribution < -0.4 is 5.32 Å². The zero-order chi connectivity index (χ0) is 25.5. The van der Waals surface area contributed by atoms with Crippen molar-refractivity contribution >= 4 is 17.7 Å². The summed E-state index contributed by atoms with van der Waals surface area (Å²) in [5.41, 5.74) is -3.25. The van der Waals surface area contributed by atoms with Gasteiger partial charge in [-0.2, -0.15) is 5.26 Å². The van der Waals surface area contributed by atoms with Gasteiger partial charge in [0, 0.05) is 16.9 Å². The fraction of sp³-hybridized carbons (Fsp3) is 0.385. The monoisotopic (exact) mass is 468 g/mol. The zero-order valence-electron chi connectivity index (χ0n) is 19.7. The van der Waals surface area contributed by atoms with Crippen LogP contribution in [0.3, 0.4) is 0 Å². The van der Waals surface area contributed by atoms with Crippen LogP contribution in [0.15, 0.2) is 42.5 Å². The summed E-state index contributed by atoms with van der Waals surface area (Å²) in [5.74, 6) is -4.56. The van der Waals surface area contributed by atoms with Crippen molar-refractivity contribution in [2.75, 3.05) is 6.61 Å². The van der Waals surface area contributed by atoms with E-state index in [1.807, 2.05) is 13.8 Å². The van der Waals surface area contributed by atoms with Crippen molar-refractivity contribution in [3.8, 4) is 6.07 Å². The summed E-state index contributed by atoms with van der Waals surface area (Å²) in [4.78, 5) is 38.1. The van der Waals surface area contributed by atoms with Gasteiger partial charge in [-0.3, -0.25) is 14.4 Å². The summed E-state index contributed by atoms with van der Waals surface area (Å²) in [6, 6.07) is 11.6. The van der Waals surface area contributed by atoms with Crippen LogP contribution in [0.2, 0.25) is 0 Å². The van der Waals surface area contributed by atoms with Gasteiger partial charge in [0.1, 0.15) is 17.2 Å². The number of amides is 1. The number of benzene rings is 2. The van der Waals surface area contributed by atoms with Crippen LogP contribution in [0.5, 0.6) is 0 Å². The highest BCUT2D eigenvalue weighted by Gasteiger charge is 2.78. The maximum atomic E-state index is 13.9. The Labute approximate surface area is 196 Å². The number of nitrogens with zero attached hydrogens (tertiary/aromatic N) is 1. The third kappa shape index (κ3) is 3.85. The molecule has 2 aromatic carbocycles. The van der Waals surface area contributed by atoms with Crippen molar-refractivity contribution in [1.82, 2.24) is 5.32 Å². The van der Waals surface area contributed by atoms with Gasteiger partial charge in [-0.05, 0) is 38.5 Å². The number of esters is 1. The number of ether oxygens (including phenoxy) is 1. The minimum Gasteiger partial charge on any atom is -0.465 e. The molecule has 2 aromatic rings. The first kappa shape index (κ1) is 25.0. The molecule has 0 saturated heterocycles. The number of rotatable bonds is 7. The minimum absolute atomic E-state index is 0.163. The molecule has 2 unspecified atom stereocenters. The average molecular weight is 469 g/mol. The van der Waals surface area contributed by atoms with Crippen LogP contribution in [0.25, 0.3) is 0 Å². The molecule has 178 valence electrons. The van der Waals surface area contributed by atoms with Gasteiger partial charge in [-0.25, -0.2) is 8.78 Å². The van der Waals surface area contributed by atoms with Gasteiger partial charge in [-0.15, -0.1) is 0 Å². The zero-order valence-corrected chi connectivity index (χ0v) is 19.7. The van der Waals surface area contributed by atoms with Gasteiger partial charge in [0.25, 0.3) is 5.91 Å². The summed E-state index contributed by atoms with van der Waals surface area (Å²) < 4.78 is 33.0. The normalized spacial score (nSPS) is 20.7. The number of nitriles is 1. The Morgan fingerprint density at radius 3 is 2.15 bits per heavy atom. The first-order chi connectivity index (χ1) is 15.8. The SMILES string of the molecule is CCOC(=O)C1(C#N)C(c2ccc(C(=O)C(C)(C)NC(=O)c3c(F)cccc3F)cc2)C1(C)C. The van der Waals surface area contributed by atoms with E-state index in [1.54, 1.807) is 19.1 Å². The summed E-state index contributed by atoms with van der Waals surface area (Å²) in [6.45, 7) is 8.34. The van der Waals surface area contributed by atoms with Crippen molar-refractivity contribution in [1.29, 1.82) is 5.26 Å². The summed E-state index contributed by atoms with van der Waals surface area (Å²) >= 11 is 0. The van der Waals surface area contributed by atoms with Gasteiger partial charge in [-0.1, -0.05) is 44.2 Å². The second-order valence-electron chi connectivity index (χ2n) is 9.42. The van der Waals surface area contributed by atoms with Crippen molar-refractivity contribution in [2.45, 2.75) is 46.1 Å². The van der Waals surface area contributed by atoms with Crippen LogP contribution in [0.4, 0.5) is 8.78 Å². The van der Waals surface area contributed by atoms with E-state index in [4.69, 9.17) is 4.74 Å². The van der Waals surface area contributed by atoms with Crippen LogP contribution in [0.1, 0.15) is 66.8 Å². The number of carbonyl (C=O) groups is 3. The van der Waals surface area contributed by atoms with Crippen molar-refractivity contribution < 1.29 is 27.9 Å². The Balaban J connectivity index is 1.82. The van der Waals surface area contributed by atoms with Crippen LogP contribution >= 0.6 is 0 Å². The highest BCUT2D eigenvalue weighted by molar-refractivity contribution is 6.06. The van der Waals surface area contributed by atoms with Crippen LogP contribution in [-0.4, -0.2) is 29.8 Å². The van der Waals surface area contributed by atoms with E-state index < -0.39 is 57.1 Å². The van der Waals surface area contributed by atoms with Gasteiger partial charge in [0.2, 0.25) is 0 Å². The molecule has 1 aliphatic carbocycles. The Kier molecular flexibility index (Phi) is 6.36. The first-order valence-electron chi connectivity index (χ1n) is 10.8.